The summed E-state index contributed by atoms with van der Waals surface area (Å²) in [5, 5.41) is 11.9. The summed E-state index contributed by atoms with van der Waals surface area (Å²) in [6.45, 7) is 8.28. The summed E-state index contributed by atoms with van der Waals surface area (Å²) in [4.78, 5) is 13.2. The van der Waals surface area contributed by atoms with Crippen LogP contribution in [0.5, 0.6) is 0 Å². The van der Waals surface area contributed by atoms with E-state index in [4.69, 9.17) is 37.9 Å². The van der Waals surface area contributed by atoms with E-state index >= 15 is 0 Å². The summed E-state index contributed by atoms with van der Waals surface area (Å²) in [7, 11) is 0. The molecule has 6 rings (SSSR count). The van der Waals surface area contributed by atoms with Crippen LogP contribution >= 0.6 is 0 Å². The number of aliphatic hydroxyl groups is 1. The molecule has 4 saturated heterocycles. The third-order valence-electron chi connectivity index (χ3n) is 10.4. The van der Waals surface area contributed by atoms with E-state index in [0.717, 1.165) is 63.4 Å². The van der Waals surface area contributed by atoms with Crippen LogP contribution < -0.4 is 0 Å². The highest BCUT2D eigenvalue weighted by Crippen LogP contribution is 2.47. The first-order chi connectivity index (χ1) is 23.2. The Morgan fingerprint density at radius 1 is 0.854 bits per heavy atom. The second-order valence-corrected chi connectivity index (χ2v) is 14.6. The van der Waals surface area contributed by atoms with Gasteiger partial charge in [-0.3, -0.25) is 4.79 Å². The largest absolute Gasteiger partial charge is 0.456 e. The SMILES string of the molecule is CCCCCC1CCC/C=C/CCCCC(=O)O[C@@H]2[C@@H](O)[C@H](O[C@@H]3O[C@H](C)[C@@H]4OC(C)(C)O[C@@H]4[C@@H]13)O[C@@H]1COC(c3ccccc3)O[C@@H]21. The van der Waals surface area contributed by atoms with E-state index in [-0.39, 0.29) is 49.1 Å². The third-order valence-corrected chi connectivity index (χ3v) is 10.4. The quantitative estimate of drug-likeness (QED) is 0.212. The molecule has 5 aliphatic heterocycles. The third kappa shape index (κ3) is 8.52. The Hall–Kier alpha value is -1.89. The zero-order chi connectivity index (χ0) is 33.7. The van der Waals surface area contributed by atoms with Crippen LogP contribution in [-0.2, 0) is 42.7 Å². The second-order valence-electron chi connectivity index (χ2n) is 14.6. The molecule has 5 heterocycles. The number of hydrogen-bond donors (Lipinski definition) is 1. The predicted molar refractivity (Wildman–Crippen MR) is 176 cm³/mol. The number of fused-ring (bicyclic) bond motifs is 7. The van der Waals surface area contributed by atoms with Gasteiger partial charge in [-0.1, -0.05) is 68.7 Å². The number of unbranched alkanes of at least 4 members (excludes halogenated alkanes) is 2. The van der Waals surface area contributed by atoms with Crippen molar-refractivity contribution in [1.82, 2.24) is 0 Å². The minimum absolute atomic E-state index is 0.163. The molecule has 12 atom stereocenters. The van der Waals surface area contributed by atoms with Crippen LogP contribution in [0.15, 0.2) is 42.5 Å². The Morgan fingerprint density at radius 3 is 2.42 bits per heavy atom. The lowest BCUT2D eigenvalue weighted by Gasteiger charge is -2.50. The predicted octanol–water partition coefficient (Wildman–Crippen LogP) is 6.49. The number of aliphatic hydroxyl groups excluding tert-OH is 1. The Kier molecular flexibility index (Phi) is 12.3. The smallest absolute Gasteiger partial charge is 0.306 e. The molecule has 1 aromatic carbocycles. The topological polar surface area (TPSA) is 111 Å². The Morgan fingerprint density at radius 2 is 1.62 bits per heavy atom. The molecule has 1 aromatic rings. The minimum atomic E-state index is -1.32. The van der Waals surface area contributed by atoms with Gasteiger partial charge in [0.15, 0.2) is 30.8 Å². The van der Waals surface area contributed by atoms with Crippen molar-refractivity contribution in [3.05, 3.63) is 48.0 Å². The maximum Gasteiger partial charge on any atom is 0.306 e. The van der Waals surface area contributed by atoms with Crippen molar-refractivity contribution in [3.63, 3.8) is 0 Å². The van der Waals surface area contributed by atoms with Gasteiger partial charge in [-0.2, -0.15) is 0 Å². The Balaban J connectivity index is 1.30. The maximum atomic E-state index is 13.2. The van der Waals surface area contributed by atoms with Gasteiger partial charge in [-0.15, -0.1) is 0 Å². The summed E-state index contributed by atoms with van der Waals surface area (Å²) >= 11 is 0. The summed E-state index contributed by atoms with van der Waals surface area (Å²) in [6, 6.07) is 9.60. The molecule has 0 aliphatic carbocycles. The summed E-state index contributed by atoms with van der Waals surface area (Å²) in [5.74, 6) is -1.07. The Bertz CT molecular complexity index is 1190. The van der Waals surface area contributed by atoms with Gasteiger partial charge in [0.25, 0.3) is 0 Å². The van der Waals surface area contributed by atoms with Crippen LogP contribution in [0.4, 0.5) is 0 Å². The second kappa shape index (κ2) is 16.4. The van der Waals surface area contributed by atoms with Gasteiger partial charge in [0, 0.05) is 17.9 Å². The van der Waals surface area contributed by atoms with Crippen LogP contribution in [0, 0.1) is 11.8 Å². The zero-order valence-corrected chi connectivity index (χ0v) is 29.1. The normalized spacial score (nSPS) is 41.5. The molecule has 0 spiro atoms. The lowest BCUT2D eigenvalue weighted by atomic mass is 9.76. The van der Waals surface area contributed by atoms with Crippen molar-refractivity contribution < 1.29 is 47.8 Å². The molecule has 0 amide bonds. The van der Waals surface area contributed by atoms with E-state index in [0.29, 0.717) is 6.42 Å². The molecule has 48 heavy (non-hydrogen) atoms. The van der Waals surface area contributed by atoms with E-state index < -0.39 is 49.1 Å². The van der Waals surface area contributed by atoms with Gasteiger partial charge in [0.1, 0.15) is 24.4 Å². The monoisotopic (exact) mass is 672 g/mol. The van der Waals surface area contributed by atoms with Gasteiger partial charge in [0.2, 0.25) is 0 Å². The highest BCUT2D eigenvalue weighted by atomic mass is 16.8. The number of esters is 1. The van der Waals surface area contributed by atoms with E-state index in [1.165, 1.54) is 0 Å². The van der Waals surface area contributed by atoms with Gasteiger partial charge < -0.3 is 43.0 Å². The van der Waals surface area contributed by atoms with Crippen LogP contribution in [0.2, 0.25) is 0 Å². The van der Waals surface area contributed by atoms with Crippen LogP contribution in [0.1, 0.15) is 110 Å². The van der Waals surface area contributed by atoms with Crippen molar-refractivity contribution >= 4 is 5.97 Å². The molecule has 10 nitrogen and oxygen atoms in total. The molecule has 2 bridgehead atoms. The first kappa shape index (κ1) is 35.9. The molecule has 268 valence electrons. The molecule has 0 aromatic heterocycles. The summed E-state index contributed by atoms with van der Waals surface area (Å²) < 4.78 is 51.3. The Labute approximate surface area is 285 Å². The van der Waals surface area contributed by atoms with Gasteiger partial charge in [-0.25, -0.2) is 0 Å². The van der Waals surface area contributed by atoms with Gasteiger partial charge >= 0.3 is 5.97 Å². The van der Waals surface area contributed by atoms with Crippen LogP contribution in [-0.4, -0.2) is 78.8 Å². The van der Waals surface area contributed by atoms with Gasteiger partial charge in [-0.05, 0) is 71.6 Å². The number of ether oxygens (including phenoxy) is 8. The highest BCUT2D eigenvalue weighted by molar-refractivity contribution is 5.69. The molecule has 5 aliphatic rings. The number of rotatable bonds is 5. The molecule has 10 heteroatoms. The lowest BCUT2D eigenvalue weighted by Crippen LogP contribution is -2.65. The van der Waals surface area contributed by atoms with Gasteiger partial charge in [0.05, 0.1) is 18.8 Å². The molecular formula is C38H56O10. The van der Waals surface area contributed by atoms with Crippen LogP contribution in [0.3, 0.4) is 0 Å². The molecule has 0 saturated carbocycles. The fraction of sp³-hybridized carbons (Fsp3) is 0.763. The number of benzene rings is 1. The van der Waals surface area contributed by atoms with Crippen LogP contribution in [0.25, 0.3) is 0 Å². The molecule has 2 unspecified atom stereocenters. The first-order valence-electron chi connectivity index (χ1n) is 18.4. The van der Waals surface area contributed by atoms with E-state index in [1.807, 2.05) is 51.1 Å². The summed E-state index contributed by atoms with van der Waals surface area (Å²) in [5.41, 5.74) is 0.834. The summed E-state index contributed by atoms with van der Waals surface area (Å²) in [6.07, 6.45) is 7.50. The number of carbonyl (C=O) groups excluding carboxylic acids is 1. The number of allylic oxidation sites excluding steroid dienone is 2. The lowest BCUT2D eigenvalue weighted by molar-refractivity contribution is -0.393. The standard InChI is InChI=1S/C38H56O10/c1-5-6-13-18-25-19-14-10-8-7-9-11-17-22-28(39)44-34-30(40)37(43-27-23-41-35(45-32(27)34)26-20-15-12-16-21-26)46-36-29(25)33-31(24(2)42-36)47-38(3,4)48-33/h7-8,12,15-16,20-21,24-25,27,29-37,40H,5-6,9-11,13-14,17-19,22-23H2,1-4H3/b8-7+/t24-,25?,27-,29-,30-,31+,32-,33-,34-,35?,36+,37+/m1/s1. The van der Waals surface area contributed by atoms with Crippen molar-refractivity contribution in [2.75, 3.05) is 6.61 Å². The molecule has 1 N–H and O–H groups in total. The van der Waals surface area contributed by atoms with Crippen molar-refractivity contribution in [3.8, 4) is 0 Å². The average molecular weight is 673 g/mol. The fourth-order valence-corrected chi connectivity index (χ4v) is 8.01. The number of carbonyl (C=O) groups is 1. The van der Waals surface area contributed by atoms with Crippen molar-refractivity contribution in [2.24, 2.45) is 11.8 Å². The van der Waals surface area contributed by atoms with E-state index in [9.17, 15) is 9.90 Å². The van der Waals surface area contributed by atoms with E-state index in [2.05, 4.69) is 19.1 Å². The molecule has 4 fully saturated rings. The number of hydrogen-bond acceptors (Lipinski definition) is 10. The zero-order valence-electron chi connectivity index (χ0n) is 29.1. The highest BCUT2D eigenvalue weighted by Gasteiger charge is 2.58. The maximum absolute atomic E-state index is 13.2. The minimum Gasteiger partial charge on any atom is -0.456 e. The fourth-order valence-electron chi connectivity index (χ4n) is 8.01. The van der Waals surface area contributed by atoms with E-state index in [1.54, 1.807) is 0 Å². The molecule has 0 radical (unpaired) electrons. The van der Waals surface area contributed by atoms with Crippen molar-refractivity contribution in [2.45, 2.75) is 166 Å². The molecular weight excluding hydrogens is 616 g/mol. The first-order valence-corrected chi connectivity index (χ1v) is 18.4. The van der Waals surface area contributed by atoms with Crippen molar-refractivity contribution in [1.29, 1.82) is 0 Å². The average Bonchev–Trinajstić information content (AvgIpc) is 3.40.